The Morgan fingerprint density at radius 3 is 2.61 bits per heavy atom. The molecule has 1 aromatic heterocycles. The number of nitrogens with zero attached hydrogens (tertiary/aromatic N) is 3. The Hall–Kier alpha value is -2.47. The highest BCUT2D eigenvalue weighted by molar-refractivity contribution is 5.55. The minimum absolute atomic E-state index is 0.0146. The van der Waals surface area contributed by atoms with Crippen LogP contribution in [0.5, 0.6) is 0 Å². The molecule has 0 bridgehead atoms. The Bertz CT molecular complexity index is 657. The van der Waals surface area contributed by atoms with Crippen LogP contribution in [0.25, 0.3) is 0 Å². The number of likely N-dealkylation sites (tertiary alicyclic amines) is 1. The molecule has 0 spiro atoms. The fourth-order valence-electron chi connectivity index (χ4n) is 3.06. The van der Waals surface area contributed by atoms with Crippen molar-refractivity contribution in [2.45, 2.75) is 18.9 Å². The Labute approximate surface area is 135 Å². The topological polar surface area (TPSA) is 71.3 Å². The highest BCUT2D eigenvalue weighted by Gasteiger charge is 2.24. The lowest BCUT2D eigenvalue weighted by molar-refractivity contribution is -0.384. The predicted molar refractivity (Wildman–Crippen MR) is 89.4 cm³/mol. The third-order valence-electron chi connectivity index (χ3n) is 4.21. The van der Waals surface area contributed by atoms with Gasteiger partial charge in [-0.15, -0.1) is 0 Å². The van der Waals surface area contributed by atoms with Crippen LogP contribution in [0, 0.1) is 10.1 Å². The van der Waals surface area contributed by atoms with Gasteiger partial charge in [-0.2, -0.15) is 0 Å². The van der Waals surface area contributed by atoms with E-state index in [0.717, 1.165) is 13.1 Å². The number of anilines is 1. The lowest BCUT2D eigenvalue weighted by atomic mass is 10.1. The number of nitro groups is 1. The van der Waals surface area contributed by atoms with Gasteiger partial charge in [0, 0.05) is 18.8 Å². The summed E-state index contributed by atoms with van der Waals surface area (Å²) < 4.78 is 0. The molecule has 1 atom stereocenters. The SMILES string of the molecule is O=[N+]([O-])c1cccnc1NC[C@@H](c1ccccc1)N1CCCC1. The normalized spacial score (nSPS) is 16.2. The maximum Gasteiger partial charge on any atom is 0.311 e. The van der Waals surface area contributed by atoms with E-state index in [1.807, 2.05) is 18.2 Å². The van der Waals surface area contributed by atoms with Crippen LogP contribution in [-0.4, -0.2) is 34.4 Å². The Balaban J connectivity index is 1.78. The van der Waals surface area contributed by atoms with Gasteiger partial charge in [0.05, 0.1) is 11.0 Å². The molecule has 6 nitrogen and oxygen atoms in total. The van der Waals surface area contributed by atoms with E-state index in [-0.39, 0.29) is 11.7 Å². The number of benzene rings is 1. The third-order valence-corrected chi connectivity index (χ3v) is 4.21. The standard InChI is InChI=1S/C17H20N4O2/c22-21(23)15-9-6-10-18-17(15)19-13-16(20-11-4-5-12-20)14-7-2-1-3-8-14/h1-3,6-10,16H,4-5,11-13H2,(H,18,19)/t16-/m0/s1. The molecule has 3 rings (SSSR count). The van der Waals surface area contributed by atoms with Crippen molar-refractivity contribution >= 4 is 11.5 Å². The summed E-state index contributed by atoms with van der Waals surface area (Å²) in [7, 11) is 0. The van der Waals surface area contributed by atoms with E-state index < -0.39 is 4.92 Å². The van der Waals surface area contributed by atoms with Gasteiger partial charge in [-0.25, -0.2) is 4.98 Å². The zero-order chi connectivity index (χ0) is 16.1. The number of aromatic nitrogens is 1. The molecule has 0 amide bonds. The molecule has 6 heteroatoms. The summed E-state index contributed by atoms with van der Waals surface area (Å²) in [5.41, 5.74) is 1.24. The minimum atomic E-state index is -0.400. The van der Waals surface area contributed by atoms with Crippen molar-refractivity contribution in [3.8, 4) is 0 Å². The first-order valence-corrected chi connectivity index (χ1v) is 7.88. The lowest BCUT2D eigenvalue weighted by Gasteiger charge is -2.28. The van der Waals surface area contributed by atoms with E-state index in [1.54, 1.807) is 12.3 Å². The van der Waals surface area contributed by atoms with Gasteiger partial charge < -0.3 is 5.32 Å². The van der Waals surface area contributed by atoms with Crippen LogP contribution < -0.4 is 5.32 Å². The largest absolute Gasteiger partial charge is 0.362 e. The smallest absolute Gasteiger partial charge is 0.311 e. The second-order valence-electron chi connectivity index (χ2n) is 5.68. The number of nitrogens with one attached hydrogen (secondary N) is 1. The Morgan fingerprint density at radius 2 is 1.91 bits per heavy atom. The van der Waals surface area contributed by atoms with Crippen molar-refractivity contribution in [3.05, 3.63) is 64.3 Å². The third kappa shape index (κ3) is 3.65. The molecule has 1 N–H and O–H groups in total. The summed E-state index contributed by atoms with van der Waals surface area (Å²) in [4.78, 5) is 17.3. The maximum absolute atomic E-state index is 11.1. The molecular weight excluding hydrogens is 292 g/mol. The van der Waals surface area contributed by atoms with Gasteiger partial charge in [-0.05, 0) is 37.6 Å². The van der Waals surface area contributed by atoms with E-state index in [9.17, 15) is 10.1 Å². The summed E-state index contributed by atoms with van der Waals surface area (Å²) in [6.07, 6.45) is 3.98. The second kappa shape index (κ2) is 7.19. The molecule has 0 saturated carbocycles. The van der Waals surface area contributed by atoms with Crippen LogP contribution >= 0.6 is 0 Å². The highest BCUT2D eigenvalue weighted by Crippen LogP contribution is 2.27. The van der Waals surface area contributed by atoms with E-state index >= 15 is 0 Å². The summed E-state index contributed by atoms with van der Waals surface area (Å²) in [5.74, 6) is 0.331. The van der Waals surface area contributed by atoms with Crippen LogP contribution in [0.2, 0.25) is 0 Å². The number of hydrogen-bond acceptors (Lipinski definition) is 5. The predicted octanol–water partition coefficient (Wildman–Crippen LogP) is 3.24. The fourth-order valence-corrected chi connectivity index (χ4v) is 3.06. The minimum Gasteiger partial charge on any atom is -0.362 e. The average molecular weight is 312 g/mol. The first-order valence-electron chi connectivity index (χ1n) is 7.88. The molecular formula is C17H20N4O2. The molecule has 23 heavy (non-hydrogen) atoms. The molecule has 0 aliphatic carbocycles. The van der Waals surface area contributed by atoms with Gasteiger partial charge in [0.25, 0.3) is 0 Å². The molecule has 2 heterocycles. The number of hydrogen-bond donors (Lipinski definition) is 1. The molecule has 1 aromatic carbocycles. The second-order valence-corrected chi connectivity index (χ2v) is 5.68. The molecule has 1 aliphatic heterocycles. The molecule has 2 aromatic rings. The van der Waals surface area contributed by atoms with Gasteiger partial charge in [-0.3, -0.25) is 15.0 Å². The van der Waals surface area contributed by atoms with Crippen molar-refractivity contribution < 1.29 is 4.92 Å². The van der Waals surface area contributed by atoms with Crippen molar-refractivity contribution in [3.63, 3.8) is 0 Å². The number of rotatable bonds is 6. The molecule has 1 aliphatic rings. The fraction of sp³-hybridized carbons (Fsp3) is 0.353. The summed E-state index contributed by atoms with van der Waals surface area (Å²) in [6.45, 7) is 2.72. The average Bonchev–Trinajstić information content (AvgIpc) is 3.10. The Kier molecular flexibility index (Phi) is 4.83. The Morgan fingerprint density at radius 1 is 1.17 bits per heavy atom. The van der Waals surface area contributed by atoms with Gasteiger partial charge in [0.2, 0.25) is 5.82 Å². The van der Waals surface area contributed by atoms with Gasteiger partial charge in [0.1, 0.15) is 0 Å². The monoisotopic (exact) mass is 312 g/mol. The zero-order valence-electron chi connectivity index (χ0n) is 12.9. The van der Waals surface area contributed by atoms with Crippen molar-refractivity contribution in [2.75, 3.05) is 25.0 Å². The van der Waals surface area contributed by atoms with Gasteiger partial charge in [-0.1, -0.05) is 30.3 Å². The molecule has 120 valence electrons. The molecule has 0 unspecified atom stereocenters. The van der Waals surface area contributed by atoms with Gasteiger partial charge >= 0.3 is 5.69 Å². The van der Waals surface area contributed by atoms with Crippen molar-refractivity contribution in [1.82, 2.24) is 9.88 Å². The van der Waals surface area contributed by atoms with Crippen LogP contribution in [0.3, 0.4) is 0 Å². The zero-order valence-corrected chi connectivity index (χ0v) is 12.9. The molecule has 1 saturated heterocycles. The maximum atomic E-state index is 11.1. The van der Waals surface area contributed by atoms with Crippen molar-refractivity contribution in [1.29, 1.82) is 0 Å². The van der Waals surface area contributed by atoms with Crippen LogP contribution in [0.15, 0.2) is 48.7 Å². The van der Waals surface area contributed by atoms with Gasteiger partial charge in [0.15, 0.2) is 0 Å². The highest BCUT2D eigenvalue weighted by atomic mass is 16.6. The quantitative estimate of drug-likeness (QED) is 0.655. The van der Waals surface area contributed by atoms with E-state index in [0.29, 0.717) is 12.4 Å². The van der Waals surface area contributed by atoms with Crippen molar-refractivity contribution in [2.24, 2.45) is 0 Å². The molecule has 0 radical (unpaired) electrons. The van der Waals surface area contributed by atoms with E-state index in [1.165, 1.54) is 24.5 Å². The van der Waals surface area contributed by atoms with E-state index in [2.05, 4.69) is 27.3 Å². The van der Waals surface area contributed by atoms with Crippen LogP contribution in [0.4, 0.5) is 11.5 Å². The summed E-state index contributed by atoms with van der Waals surface area (Å²) in [5, 5.41) is 14.3. The summed E-state index contributed by atoms with van der Waals surface area (Å²) in [6, 6.07) is 13.5. The van der Waals surface area contributed by atoms with E-state index in [4.69, 9.17) is 0 Å². The number of pyridine rings is 1. The van der Waals surface area contributed by atoms with Crippen LogP contribution in [0.1, 0.15) is 24.4 Å². The first-order chi connectivity index (χ1) is 11.3. The molecule has 1 fully saturated rings. The lowest BCUT2D eigenvalue weighted by Crippen LogP contribution is -2.31. The first kappa shape index (κ1) is 15.4. The summed E-state index contributed by atoms with van der Waals surface area (Å²) >= 11 is 0. The van der Waals surface area contributed by atoms with Crippen LogP contribution in [-0.2, 0) is 0 Å².